The first-order valence-electron chi connectivity index (χ1n) is 6.76. The zero-order chi connectivity index (χ0) is 15.8. The van der Waals surface area contributed by atoms with Crippen LogP contribution in [0, 0.1) is 17.1 Å². The summed E-state index contributed by atoms with van der Waals surface area (Å²) in [6.07, 6.45) is 3.80. The summed E-state index contributed by atoms with van der Waals surface area (Å²) in [7, 11) is 0. The lowest BCUT2D eigenvalue weighted by Crippen LogP contribution is -2.35. The third-order valence-corrected chi connectivity index (χ3v) is 3.36. The minimum absolute atomic E-state index is 0.297. The average molecular weight is 314 g/mol. The summed E-state index contributed by atoms with van der Waals surface area (Å²) in [5.41, 5.74) is 1.76. The lowest BCUT2D eigenvalue weighted by molar-refractivity contribution is 0.428. The smallest absolute Gasteiger partial charge is 0.173 e. The standard InChI is InChI=1S/C16H15FN4S/c17-14-2-4-15(5-3-14)20-16(22)21(11-1-8-18)12-13-6-9-19-10-7-13/h2-7,9-10H,1,11-12H2,(H,20,22). The summed E-state index contributed by atoms with van der Waals surface area (Å²) < 4.78 is 12.9. The number of thiocarbonyl (C=S) groups is 1. The summed E-state index contributed by atoms with van der Waals surface area (Å²) in [4.78, 5) is 5.88. The highest BCUT2D eigenvalue weighted by molar-refractivity contribution is 7.80. The molecule has 0 amide bonds. The van der Waals surface area contributed by atoms with Crippen LogP contribution in [0.2, 0.25) is 0 Å². The van der Waals surface area contributed by atoms with Gasteiger partial charge in [0.2, 0.25) is 0 Å². The van der Waals surface area contributed by atoms with Crippen molar-refractivity contribution >= 4 is 23.0 Å². The summed E-state index contributed by atoms with van der Waals surface area (Å²) in [6.45, 7) is 1.10. The van der Waals surface area contributed by atoms with Crippen molar-refractivity contribution in [3.63, 3.8) is 0 Å². The minimum atomic E-state index is -0.297. The molecule has 1 N–H and O–H groups in total. The van der Waals surface area contributed by atoms with Crippen LogP contribution in [0.1, 0.15) is 12.0 Å². The average Bonchev–Trinajstić information content (AvgIpc) is 2.54. The molecule has 0 aliphatic heterocycles. The van der Waals surface area contributed by atoms with E-state index in [0.717, 1.165) is 5.56 Å². The van der Waals surface area contributed by atoms with Crippen molar-refractivity contribution in [1.29, 1.82) is 5.26 Å². The number of nitriles is 1. The normalized spacial score (nSPS) is 9.82. The number of aromatic nitrogens is 1. The highest BCUT2D eigenvalue weighted by atomic mass is 32.1. The predicted molar refractivity (Wildman–Crippen MR) is 87.5 cm³/mol. The molecule has 0 fully saturated rings. The number of hydrogen-bond acceptors (Lipinski definition) is 3. The van der Waals surface area contributed by atoms with Crippen LogP contribution in [0.15, 0.2) is 48.8 Å². The largest absolute Gasteiger partial charge is 0.344 e. The van der Waals surface area contributed by atoms with Crippen molar-refractivity contribution in [2.75, 3.05) is 11.9 Å². The van der Waals surface area contributed by atoms with Gasteiger partial charge in [0.25, 0.3) is 0 Å². The Bertz CT molecular complexity index is 652. The molecule has 112 valence electrons. The molecule has 0 spiro atoms. The second-order valence-electron chi connectivity index (χ2n) is 4.62. The molecule has 4 nitrogen and oxygen atoms in total. The Morgan fingerprint density at radius 3 is 2.55 bits per heavy atom. The zero-order valence-electron chi connectivity index (χ0n) is 11.9. The molecule has 0 radical (unpaired) electrons. The van der Waals surface area contributed by atoms with Gasteiger partial charge in [-0.15, -0.1) is 0 Å². The first kappa shape index (κ1) is 15.9. The lowest BCUT2D eigenvalue weighted by Gasteiger charge is -2.25. The number of nitrogens with one attached hydrogen (secondary N) is 1. The molecular formula is C16H15FN4S. The predicted octanol–water partition coefficient (Wildman–Crippen LogP) is 3.33. The number of benzene rings is 1. The molecule has 2 rings (SSSR count). The van der Waals surface area contributed by atoms with E-state index < -0.39 is 0 Å². The van der Waals surface area contributed by atoms with Gasteiger partial charge in [-0.1, -0.05) is 0 Å². The third-order valence-electron chi connectivity index (χ3n) is 3.00. The zero-order valence-corrected chi connectivity index (χ0v) is 12.7. The maximum Gasteiger partial charge on any atom is 0.173 e. The van der Waals surface area contributed by atoms with Gasteiger partial charge in [-0.25, -0.2) is 4.39 Å². The number of halogens is 1. The van der Waals surface area contributed by atoms with Gasteiger partial charge in [0.15, 0.2) is 5.11 Å². The molecule has 1 aromatic carbocycles. The Labute approximate surface area is 134 Å². The second kappa shape index (κ2) is 8.05. The topological polar surface area (TPSA) is 52.0 Å². The molecule has 2 aromatic rings. The van der Waals surface area contributed by atoms with Crippen molar-refractivity contribution in [2.24, 2.45) is 0 Å². The van der Waals surface area contributed by atoms with Crippen LogP contribution >= 0.6 is 12.2 Å². The number of anilines is 1. The van der Waals surface area contributed by atoms with Crippen molar-refractivity contribution in [3.8, 4) is 6.07 Å². The van der Waals surface area contributed by atoms with E-state index in [2.05, 4.69) is 16.4 Å². The van der Waals surface area contributed by atoms with Gasteiger partial charge in [0.05, 0.1) is 12.5 Å². The molecule has 0 unspecified atom stereocenters. The van der Waals surface area contributed by atoms with Gasteiger partial charge in [-0.05, 0) is 54.2 Å². The first-order valence-corrected chi connectivity index (χ1v) is 7.17. The highest BCUT2D eigenvalue weighted by Crippen LogP contribution is 2.11. The van der Waals surface area contributed by atoms with Crippen molar-refractivity contribution in [2.45, 2.75) is 13.0 Å². The van der Waals surface area contributed by atoms with Crippen molar-refractivity contribution < 1.29 is 4.39 Å². The monoisotopic (exact) mass is 314 g/mol. The van der Waals surface area contributed by atoms with Crippen LogP contribution in [0.4, 0.5) is 10.1 Å². The number of pyridine rings is 1. The Kier molecular flexibility index (Phi) is 5.81. The number of hydrogen-bond donors (Lipinski definition) is 1. The second-order valence-corrected chi connectivity index (χ2v) is 5.01. The van der Waals surface area contributed by atoms with E-state index in [1.807, 2.05) is 17.0 Å². The maximum atomic E-state index is 12.9. The quantitative estimate of drug-likeness (QED) is 0.858. The molecular weight excluding hydrogens is 299 g/mol. The fourth-order valence-electron chi connectivity index (χ4n) is 1.88. The minimum Gasteiger partial charge on any atom is -0.344 e. The highest BCUT2D eigenvalue weighted by Gasteiger charge is 2.10. The van der Waals surface area contributed by atoms with Crippen LogP contribution in [-0.2, 0) is 6.54 Å². The molecule has 22 heavy (non-hydrogen) atoms. The van der Waals surface area contributed by atoms with Gasteiger partial charge in [0, 0.05) is 31.2 Å². The van der Waals surface area contributed by atoms with E-state index >= 15 is 0 Å². The lowest BCUT2D eigenvalue weighted by atomic mass is 10.2. The van der Waals surface area contributed by atoms with Crippen LogP contribution in [-0.4, -0.2) is 21.5 Å². The van der Waals surface area contributed by atoms with E-state index in [4.69, 9.17) is 17.5 Å². The van der Waals surface area contributed by atoms with Gasteiger partial charge in [-0.2, -0.15) is 5.26 Å². The van der Waals surface area contributed by atoms with Gasteiger partial charge in [0.1, 0.15) is 5.82 Å². The molecule has 0 aliphatic rings. The Morgan fingerprint density at radius 1 is 1.23 bits per heavy atom. The summed E-state index contributed by atoms with van der Waals surface area (Å²) in [5.74, 6) is -0.297. The van der Waals surface area contributed by atoms with E-state index in [1.165, 1.54) is 12.1 Å². The first-order chi connectivity index (χ1) is 10.7. The van der Waals surface area contributed by atoms with Crippen molar-refractivity contribution in [3.05, 3.63) is 60.2 Å². The summed E-state index contributed by atoms with van der Waals surface area (Å²) >= 11 is 5.40. The summed E-state index contributed by atoms with van der Waals surface area (Å²) in [6, 6.07) is 11.9. The van der Waals surface area contributed by atoms with Crippen LogP contribution in [0.3, 0.4) is 0 Å². The third kappa shape index (κ3) is 4.79. The van der Waals surface area contributed by atoms with E-state index in [0.29, 0.717) is 30.3 Å². The Hall–Kier alpha value is -2.52. The van der Waals surface area contributed by atoms with Crippen LogP contribution in [0.25, 0.3) is 0 Å². The molecule has 0 saturated carbocycles. The van der Waals surface area contributed by atoms with Crippen molar-refractivity contribution in [1.82, 2.24) is 9.88 Å². The van der Waals surface area contributed by atoms with E-state index in [-0.39, 0.29) is 5.82 Å². The summed E-state index contributed by atoms with van der Waals surface area (Å²) in [5, 5.41) is 12.4. The SMILES string of the molecule is N#CCCN(Cc1ccncc1)C(=S)Nc1ccc(F)cc1. The number of nitrogens with zero attached hydrogens (tertiary/aromatic N) is 3. The molecule has 0 atom stereocenters. The van der Waals surface area contributed by atoms with Gasteiger partial charge >= 0.3 is 0 Å². The fraction of sp³-hybridized carbons (Fsp3) is 0.188. The van der Waals surface area contributed by atoms with Crippen LogP contribution in [0.5, 0.6) is 0 Å². The molecule has 1 aromatic heterocycles. The Balaban J connectivity index is 2.05. The Morgan fingerprint density at radius 2 is 1.91 bits per heavy atom. The molecule has 6 heteroatoms. The van der Waals surface area contributed by atoms with Crippen LogP contribution < -0.4 is 5.32 Å². The fourth-order valence-corrected chi connectivity index (χ4v) is 2.16. The number of rotatable bonds is 5. The molecule has 0 aliphatic carbocycles. The van der Waals surface area contributed by atoms with E-state index in [9.17, 15) is 4.39 Å². The van der Waals surface area contributed by atoms with Gasteiger partial charge < -0.3 is 10.2 Å². The molecule has 0 saturated heterocycles. The molecule has 1 heterocycles. The van der Waals surface area contributed by atoms with E-state index in [1.54, 1.807) is 24.5 Å². The maximum absolute atomic E-state index is 12.9. The molecule has 0 bridgehead atoms. The van der Waals surface area contributed by atoms with Gasteiger partial charge in [-0.3, -0.25) is 4.98 Å².